The number of benzene rings is 2. The van der Waals surface area contributed by atoms with Crippen molar-refractivity contribution >= 4 is 23.2 Å². The molecule has 0 bridgehead atoms. The minimum atomic E-state index is -0.414. The van der Waals surface area contributed by atoms with Crippen LogP contribution in [0.25, 0.3) is 0 Å². The van der Waals surface area contributed by atoms with Crippen molar-refractivity contribution in [1.29, 1.82) is 0 Å². The number of amides is 2. The molecule has 4 nitrogen and oxygen atoms in total. The van der Waals surface area contributed by atoms with Crippen molar-refractivity contribution in [3.05, 3.63) is 59.4 Å². The van der Waals surface area contributed by atoms with Crippen LogP contribution in [0, 0.1) is 25.6 Å². The van der Waals surface area contributed by atoms with E-state index in [1.165, 1.54) is 17.0 Å². The van der Waals surface area contributed by atoms with Crippen LogP contribution in [0.4, 0.5) is 15.8 Å². The van der Waals surface area contributed by atoms with Crippen LogP contribution < -0.4 is 10.2 Å². The minimum Gasteiger partial charge on any atom is -0.326 e. The molecule has 24 heavy (non-hydrogen) atoms. The Labute approximate surface area is 140 Å². The van der Waals surface area contributed by atoms with Gasteiger partial charge in [0, 0.05) is 24.3 Å². The fraction of sp³-hybridized carbons (Fsp3) is 0.263. The fourth-order valence-electron chi connectivity index (χ4n) is 2.88. The van der Waals surface area contributed by atoms with Crippen LogP contribution in [0.1, 0.15) is 17.5 Å². The van der Waals surface area contributed by atoms with Gasteiger partial charge in [0.25, 0.3) is 0 Å². The first-order valence-corrected chi connectivity index (χ1v) is 7.88. The normalized spacial score (nSPS) is 17.2. The Morgan fingerprint density at radius 1 is 1.17 bits per heavy atom. The van der Waals surface area contributed by atoms with Crippen molar-refractivity contribution in [2.24, 2.45) is 5.92 Å². The van der Waals surface area contributed by atoms with E-state index in [0.717, 1.165) is 16.8 Å². The predicted octanol–water partition coefficient (Wildman–Crippen LogP) is 3.43. The first-order valence-electron chi connectivity index (χ1n) is 7.88. The Morgan fingerprint density at radius 2 is 1.88 bits per heavy atom. The van der Waals surface area contributed by atoms with Crippen LogP contribution in [0.3, 0.4) is 0 Å². The van der Waals surface area contributed by atoms with Gasteiger partial charge < -0.3 is 10.2 Å². The molecule has 2 aromatic carbocycles. The highest BCUT2D eigenvalue weighted by Crippen LogP contribution is 2.27. The SMILES string of the molecule is Cc1cccc(NC(=O)[C@@H]2CC(=O)N(c3ccc(F)cc3)C2)c1C. The molecule has 0 saturated carbocycles. The van der Waals surface area contributed by atoms with Gasteiger partial charge in [-0.05, 0) is 55.3 Å². The number of rotatable bonds is 3. The van der Waals surface area contributed by atoms with Crippen LogP contribution >= 0.6 is 0 Å². The molecular weight excluding hydrogens is 307 g/mol. The zero-order valence-corrected chi connectivity index (χ0v) is 13.7. The summed E-state index contributed by atoms with van der Waals surface area (Å²) in [5.41, 5.74) is 3.50. The largest absolute Gasteiger partial charge is 0.326 e. The van der Waals surface area contributed by atoms with E-state index in [1.807, 2.05) is 32.0 Å². The highest BCUT2D eigenvalue weighted by molar-refractivity contribution is 6.03. The Balaban J connectivity index is 1.72. The molecule has 3 rings (SSSR count). The Hall–Kier alpha value is -2.69. The molecule has 0 aromatic heterocycles. The molecule has 2 aromatic rings. The molecule has 1 fully saturated rings. The third-order valence-corrected chi connectivity index (χ3v) is 4.50. The molecule has 0 unspecified atom stereocenters. The van der Waals surface area contributed by atoms with E-state index < -0.39 is 5.92 Å². The number of aryl methyl sites for hydroxylation is 1. The topological polar surface area (TPSA) is 49.4 Å². The first kappa shape index (κ1) is 16.2. The van der Waals surface area contributed by atoms with E-state index in [4.69, 9.17) is 0 Å². The van der Waals surface area contributed by atoms with Crippen LogP contribution in [0.2, 0.25) is 0 Å². The van der Waals surface area contributed by atoms with Gasteiger partial charge in [-0.2, -0.15) is 0 Å². The Kier molecular flexibility index (Phi) is 4.34. The van der Waals surface area contributed by atoms with Crippen LogP contribution in [0.15, 0.2) is 42.5 Å². The zero-order valence-electron chi connectivity index (χ0n) is 13.7. The number of carbonyl (C=O) groups is 2. The number of carbonyl (C=O) groups excluding carboxylic acids is 2. The summed E-state index contributed by atoms with van der Waals surface area (Å²) in [5.74, 6) is -1.05. The monoisotopic (exact) mass is 326 g/mol. The molecule has 1 aliphatic rings. The summed E-state index contributed by atoms with van der Waals surface area (Å²) >= 11 is 0. The maximum Gasteiger partial charge on any atom is 0.229 e. The van der Waals surface area contributed by atoms with Gasteiger partial charge in [-0.1, -0.05) is 12.1 Å². The Morgan fingerprint density at radius 3 is 2.58 bits per heavy atom. The van der Waals surface area contributed by atoms with Gasteiger partial charge in [0.15, 0.2) is 0 Å². The van der Waals surface area contributed by atoms with Crippen molar-refractivity contribution in [3.8, 4) is 0 Å². The van der Waals surface area contributed by atoms with Gasteiger partial charge in [-0.15, -0.1) is 0 Å². The summed E-state index contributed by atoms with van der Waals surface area (Å²) in [6.45, 7) is 4.25. The second-order valence-electron chi connectivity index (χ2n) is 6.12. The highest BCUT2D eigenvalue weighted by atomic mass is 19.1. The Bertz CT molecular complexity index is 786. The van der Waals surface area contributed by atoms with E-state index in [-0.39, 0.29) is 24.1 Å². The van der Waals surface area contributed by atoms with E-state index in [9.17, 15) is 14.0 Å². The van der Waals surface area contributed by atoms with Gasteiger partial charge in [-0.25, -0.2) is 4.39 Å². The molecule has 2 amide bonds. The predicted molar refractivity (Wildman–Crippen MR) is 91.4 cm³/mol. The summed E-state index contributed by atoms with van der Waals surface area (Å²) in [7, 11) is 0. The summed E-state index contributed by atoms with van der Waals surface area (Å²) in [4.78, 5) is 26.2. The first-order chi connectivity index (χ1) is 11.5. The lowest BCUT2D eigenvalue weighted by Crippen LogP contribution is -2.28. The molecule has 0 spiro atoms. The molecule has 1 saturated heterocycles. The van der Waals surface area contributed by atoms with Crippen molar-refractivity contribution in [2.45, 2.75) is 20.3 Å². The summed E-state index contributed by atoms with van der Waals surface area (Å²) in [6, 6.07) is 11.5. The average Bonchev–Trinajstić information content (AvgIpc) is 2.94. The van der Waals surface area contributed by atoms with Gasteiger partial charge in [0.05, 0.1) is 5.92 Å². The van der Waals surface area contributed by atoms with Crippen molar-refractivity contribution in [3.63, 3.8) is 0 Å². The number of nitrogens with zero attached hydrogens (tertiary/aromatic N) is 1. The molecule has 0 radical (unpaired) electrons. The molecule has 0 aliphatic carbocycles. The molecule has 5 heteroatoms. The molecule has 124 valence electrons. The minimum absolute atomic E-state index is 0.122. The smallest absolute Gasteiger partial charge is 0.229 e. The van der Waals surface area contributed by atoms with Crippen LogP contribution in [-0.4, -0.2) is 18.4 Å². The third kappa shape index (κ3) is 3.15. The van der Waals surface area contributed by atoms with Gasteiger partial charge in [0.2, 0.25) is 11.8 Å². The molecule has 1 aliphatic heterocycles. The maximum absolute atomic E-state index is 13.0. The number of nitrogens with one attached hydrogen (secondary N) is 1. The summed E-state index contributed by atoms with van der Waals surface area (Å²) in [6.07, 6.45) is 0.161. The van der Waals surface area contributed by atoms with Crippen LogP contribution in [0.5, 0.6) is 0 Å². The average molecular weight is 326 g/mol. The zero-order chi connectivity index (χ0) is 17.3. The lowest BCUT2D eigenvalue weighted by atomic mass is 10.1. The van der Waals surface area contributed by atoms with Gasteiger partial charge >= 0.3 is 0 Å². The summed E-state index contributed by atoms with van der Waals surface area (Å²) < 4.78 is 13.0. The fourth-order valence-corrected chi connectivity index (χ4v) is 2.88. The second kappa shape index (κ2) is 6.43. The second-order valence-corrected chi connectivity index (χ2v) is 6.12. The number of halogens is 1. The molecule has 1 atom stereocenters. The van der Waals surface area contributed by atoms with Gasteiger partial charge in [0.1, 0.15) is 5.82 Å². The van der Waals surface area contributed by atoms with Crippen LogP contribution in [-0.2, 0) is 9.59 Å². The molecule has 1 N–H and O–H groups in total. The number of hydrogen-bond acceptors (Lipinski definition) is 2. The van der Waals surface area contributed by atoms with E-state index in [1.54, 1.807) is 12.1 Å². The third-order valence-electron chi connectivity index (χ3n) is 4.50. The number of hydrogen-bond donors (Lipinski definition) is 1. The lowest BCUT2D eigenvalue weighted by Gasteiger charge is -2.17. The quantitative estimate of drug-likeness (QED) is 0.939. The van der Waals surface area contributed by atoms with E-state index in [0.29, 0.717) is 12.2 Å². The van der Waals surface area contributed by atoms with Crippen molar-refractivity contribution in [1.82, 2.24) is 0 Å². The summed E-state index contributed by atoms with van der Waals surface area (Å²) in [5, 5.41) is 2.92. The molecular formula is C19H19FN2O2. The molecule has 1 heterocycles. The maximum atomic E-state index is 13.0. The number of anilines is 2. The van der Waals surface area contributed by atoms with E-state index in [2.05, 4.69) is 5.32 Å². The van der Waals surface area contributed by atoms with Crippen molar-refractivity contribution < 1.29 is 14.0 Å². The lowest BCUT2D eigenvalue weighted by molar-refractivity contribution is -0.122. The van der Waals surface area contributed by atoms with E-state index >= 15 is 0 Å². The van der Waals surface area contributed by atoms with Crippen molar-refractivity contribution in [2.75, 3.05) is 16.8 Å². The highest BCUT2D eigenvalue weighted by Gasteiger charge is 2.35. The standard InChI is InChI=1S/C19H19FN2O2/c1-12-4-3-5-17(13(12)2)21-19(24)14-10-18(23)22(11-14)16-8-6-15(20)7-9-16/h3-9,14H,10-11H2,1-2H3,(H,21,24)/t14-/m1/s1. The van der Waals surface area contributed by atoms with Gasteiger partial charge in [-0.3, -0.25) is 9.59 Å².